The molecule has 1 aliphatic heterocycles. The average Bonchev–Trinajstić information content (AvgIpc) is 2.23. The van der Waals surface area contributed by atoms with E-state index in [2.05, 4.69) is 0 Å². The van der Waals surface area contributed by atoms with E-state index in [4.69, 9.17) is 14.6 Å². The van der Waals surface area contributed by atoms with Crippen LogP contribution < -0.4 is 9.47 Å². The van der Waals surface area contributed by atoms with Crippen molar-refractivity contribution in [1.82, 2.24) is 0 Å². The first-order valence-electron chi connectivity index (χ1n) is 4.51. The van der Waals surface area contributed by atoms with E-state index in [9.17, 15) is 4.39 Å². The molecule has 1 N–H and O–H groups in total. The van der Waals surface area contributed by atoms with Gasteiger partial charge in [-0.15, -0.1) is 0 Å². The Morgan fingerprint density at radius 1 is 1.29 bits per heavy atom. The standard InChI is InChI=1S/C10H11FO3/c11-8-1-2-9-10(7(8)3-4-12)14-6-5-13-9/h1-2,12H,3-6H2. The van der Waals surface area contributed by atoms with E-state index < -0.39 is 0 Å². The lowest BCUT2D eigenvalue weighted by molar-refractivity contribution is 0.167. The van der Waals surface area contributed by atoms with Crippen LogP contribution in [0.2, 0.25) is 0 Å². The van der Waals surface area contributed by atoms with Gasteiger partial charge in [-0.25, -0.2) is 4.39 Å². The van der Waals surface area contributed by atoms with Crippen molar-refractivity contribution in [3.05, 3.63) is 23.5 Å². The van der Waals surface area contributed by atoms with Crippen LogP contribution in [0, 0.1) is 5.82 Å². The number of benzene rings is 1. The lowest BCUT2D eigenvalue weighted by atomic mass is 10.1. The van der Waals surface area contributed by atoms with Crippen molar-refractivity contribution in [2.75, 3.05) is 19.8 Å². The highest BCUT2D eigenvalue weighted by Gasteiger charge is 2.18. The lowest BCUT2D eigenvalue weighted by Crippen LogP contribution is -2.17. The van der Waals surface area contributed by atoms with E-state index in [1.807, 2.05) is 0 Å². The molecule has 76 valence electrons. The molecule has 2 rings (SSSR count). The van der Waals surface area contributed by atoms with Gasteiger partial charge in [0, 0.05) is 18.6 Å². The van der Waals surface area contributed by atoms with Crippen LogP contribution in [0.3, 0.4) is 0 Å². The molecule has 1 aromatic rings. The first kappa shape index (κ1) is 9.27. The molecule has 0 saturated heterocycles. The summed E-state index contributed by atoms with van der Waals surface area (Å²) in [5.74, 6) is 0.634. The van der Waals surface area contributed by atoms with Crippen molar-refractivity contribution in [1.29, 1.82) is 0 Å². The summed E-state index contributed by atoms with van der Waals surface area (Å²) in [5.41, 5.74) is 0.393. The molecular weight excluding hydrogens is 187 g/mol. The molecular formula is C10H11FO3. The third kappa shape index (κ3) is 1.53. The summed E-state index contributed by atoms with van der Waals surface area (Å²) >= 11 is 0. The molecule has 0 fully saturated rings. The number of ether oxygens (including phenoxy) is 2. The maximum absolute atomic E-state index is 13.3. The summed E-state index contributed by atoms with van der Waals surface area (Å²) in [7, 11) is 0. The van der Waals surface area contributed by atoms with E-state index in [-0.39, 0.29) is 18.8 Å². The van der Waals surface area contributed by atoms with Gasteiger partial charge < -0.3 is 14.6 Å². The van der Waals surface area contributed by atoms with Crippen molar-refractivity contribution >= 4 is 0 Å². The van der Waals surface area contributed by atoms with Gasteiger partial charge in [-0.3, -0.25) is 0 Å². The minimum atomic E-state index is -0.358. The summed E-state index contributed by atoms with van der Waals surface area (Å²) in [6.07, 6.45) is 0.248. The maximum Gasteiger partial charge on any atom is 0.167 e. The largest absolute Gasteiger partial charge is 0.486 e. The normalized spacial score (nSPS) is 14.1. The molecule has 0 spiro atoms. The number of halogens is 1. The number of hydrogen-bond acceptors (Lipinski definition) is 3. The number of aliphatic hydroxyl groups is 1. The van der Waals surface area contributed by atoms with Gasteiger partial charge in [-0.05, 0) is 12.1 Å². The molecule has 1 aromatic carbocycles. The third-order valence-electron chi connectivity index (χ3n) is 2.12. The van der Waals surface area contributed by atoms with Crippen LogP contribution in [0.4, 0.5) is 4.39 Å². The molecule has 0 aliphatic carbocycles. The Kier molecular flexibility index (Phi) is 2.54. The van der Waals surface area contributed by atoms with E-state index in [0.717, 1.165) is 0 Å². The Morgan fingerprint density at radius 3 is 2.86 bits per heavy atom. The third-order valence-corrected chi connectivity index (χ3v) is 2.12. The molecule has 0 bridgehead atoms. The van der Waals surface area contributed by atoms with Gasteiger partial charge in [0.2, 0.25) is 0 Å². The van der Waals surface area contributed by atoms with Gasteiger partial charge in [-0.1, -0.05) is 0 Å². The van der Waals surface area contributed by atoms with E-state index >= 15 is 0 Å². The monoisotopic (exact) mass is 198 g/mol. The van der Waals surface area contributed by atoms with Gasteiger partial charge in [0.15, 0.2) is 11.5 Å². The first-order valence-corrected chi connectivity index (χ1v) is 4.51. The maximum atomic E-state index is 13.3. The minimum Gasteiger partial charge on any atom is -0.486 e. The predicted octanol–water partition coefficient (Wildman–Crippen LogP) is 1.13. The number of hydrogen-bond donors (Lipinski definition) is 1. The summed E-state index contributed by atoms with van der Waals surface area (Å²) in [6, 6.07) is 2.88. The highest BCUT2D eigenvalue weighted by Crippen LogP contribution is 2.35. The van der Waals surface area contributed by atoms with Crippen LogP contribution in [0.15, 0.2) is 12.1 Å². The van der Waals surface area contributed by atoms with E-state index in [1.165, 1.54) is 6.07 Å². The predicted molar refractivity (Wildman–Crippen MR) is 48.2 cm³/mol. The summed E-state index contributed by atoms with van der Waals surface area (Å²) in [4.78, 5) is 0. The zero-order valence-electron chi connectivity index (χ0n) is 7.62. The fraction of sp³-hybridized carbons (Fsp3) is 0.400. The highest BCUT2D eigenvalue weighted by molar-refractivity contribution is 5.48. The van der Waals surface area contributed by atoms with E-state index in [1.54, 1.807) is 6.07 Å². The second-order valence-electron chi connectivity index (χ2n) is 3.02. The van der Waals surface area contributed by atoms with Crippen molar-refractivity contribution in [3.8, 4) is 11.5 Å². The van der Waals surface area contributed by atoms with Gasteiger partial charge in [-0.2, -0.15) is 0 Å². The number of fused-ring (bicyclic) bond motifs is 1. The van der Waals surface area contributed by atoms with Crippen LogP contribution in [-0.4, -0.2) is 24.9 Å². The van der Waals surface area contributed by atoms with Crippen LogP contribution >= 0.6 is 0 Å². The molecule has 1 heterocycles. The molecule has 1 aliphatic rings. The summed E-state index contributed by atoms with van der Waals surface area (Å²) < 4.78 is 23.9. The fourth-order valence-corrected chi connectivity index (χ4v) is 1.49. The van der Waals surface area contributed by atoms with Gasteiger partial charge in [0.05, 0.1) is 0 Å². The number of aliphatic hydroxyl groups excluding tert-OH is 1. The smallest absolute Gasteiger partial charge is 0.167 e. The molecule has 0 radical (unpaired) electrons. The zero-order chi connectivity index (χ0) is 9.97. The second kappa shape index (κ2) is 3.84. The highest BCUT2D eigenvalue weighted by atomic mass is 19.1. The molecule has 0 unspecified atom stereocenters. The van der Waals surface area contributed by atoms with Gasteiger partial charge in [0.1, 0.15) is 19.0 Å². The molecule has 14 heavy (non-hydrogen) atoms. The Hall–Kier alpha value is -1.29. The lowest BCUT2D eigenvalue weighted by Gasteiger charge is -2.21. The quantitative estimate of drug-likeness (QED) is 0.774. The topological polar surface area (TPSA) is 38.7 Å². The van der Waals surface area contributed by atoms with Crippen molar-refractivity contribution in [2.24, 2.45) is 0 Å². The van der Waals surface area contributed by atoms with Crippen LogP contribution in [0.25, 0.3) is 0 Å². The van der Waals surface area contributed by atoms with E-state index in [0.29, 0.717) is 30.3 Å². The Morgan fingerprint density at radius 2 is 2.07 bits per heavy atom. The molecule has 4 heteroatoms. The van der Waals surface area contributed by atoms with Crippen molar-refractivity contribution < 1.29 is 19.0 Å². The molecule has 0 atom stereocenters. The average molecular weight is 198 g/mol. The Balaban J connectivity index is 2.43. The second-order valence-corrected chi connectivity index (χ2v) is 3.02. The summed E-state index contributed by atoms with van der Waals surface area (Å²) in [5, 5.41) is 8.78. The molecule has 0 aromatic heterocycles. The van der Waals surface area contributed by atoms with Crippen LogP contribution in [0.5, 0.6) is 11.5 Å². The van der Waals surface area contributed by atoms with Crippen molar-refractivity contribution in [3.63, 3.8) is 0 Å². The molecule has 0 saturated carbocycles. The van der Waals surface area contributed by atoms with Gasteiger partial charge >= 0.3 is 0 Å². The Labute approximate surface area is 81.1 Å². The number of rotatable bonds is 2. The SMILES string of the molecule is OCCc1c(F)ccc2c1OCCO2. The zero-order valence-corrected chi connectivity index (χ0v) is 7.62. The first-order chi connectivity index (χ1) is 6.83. The molecule has 0 amide bonds. The fourth-order valence-electron chi connectivity index (χ4n) is 1.49. The van der Waals surface area contributed by atoms with Crippen LogP contribution in [0.1, 0.15) is 5.56 Å². The minimum absolute atomic E-state index is 0.100. The summed E-state index contributed by atoms with van der Waals surface area (Å²) in [6.45, 7) is 0.808. The molecule has 3 nitrogen and oxygen atoms in total. The van der Waals surface area contributed by atoms with Crippen LogP contribution in [-0.2, 0) is 6.42 Å². The Bertz CT molecular complexity index is 338. The van der Waals surface area contributed by atoms with Crippen molar-refractivity contribution in [2.45, 2.75) is 6.42 Å². The van der Waals surface area contributed by atoms with Gasteiger partial charge in [0.25, 0.3) is 0 Å².